The van der Waals surface area contributed by atoms with Crippen molar-refractivity contribution in [2.45, 2.75) is 23.6 Å². The van der Waals surface area contributed by atoms with E-state index >= 15 is 0 Å². The molecule has 4 rings (SSSR count). The Hall–Kier alpha value is -3.51. The lowest BCUT2D eigenvalue weighted by Crippen LogP contribution is -2.24. The monoisotopic (exact) mass is 606 g/mol. The molecule has 0 saturated carbocycles. The summed E-state index contributed by atoms with van der Waals surface area (Å²) >= 11 is 4.72. The number of aromatic nitrogens is 3. The predicted molar refractivity (Wildman–Crippen MR) is 141 cm³/mol. The van der Waals surface area contributed by atoms with Crippen LogP contribution in [-0.4, -0.2) is 34.9 Å². The number of amides is 1. The molecule has 0 spiro atoms. The number of ether oxygens (including phenoxy) is 2. The van der Waals surface area contributed by atoms with Crippen molar-refractivity contribution in [3.63, 3.8) is 0 Å². The topological polar surface area (TPSA) is 78.3 Å². The molecule has 7 nitrogen and oxygen atoms in total. The van der Waals surface area contributed by atoms with Gasteiger partial charge in [0.25, 0.3) is 5.91 Å². The standard InChI is InChI=1S/C26H22BrF3N4O3S/c1-36-21-11-8-17(12-22(21)37-2)24(35)31-14-23-32-33-25(38-15-16-6-9-19(27)10-7-16)34(23)20-5-3-4-18(13-20)26(28,29)30/h3-13H,14-15H2,1-2H3,(H,31,35). The molecule has 12 heteroatoms. The molecule has 1 heterocycles. The van der Waals surface area contributed by atoms with Gasteiger partial charge in [0, 0.05) is 15.8 Å². The Morgan fingerprint density at radius 2 is 1.74 bits per heavy atom. The van der Waals surface area contributed by atoms with E-state index in [1.807, 2.05) is 24.3 Å². The van der Waals surface area contributed by atoms with Crippen molar-refractivity contribution in [1.29, 1.82) is 0 Å². The predicted octanol–water partition coefficient (Wildman–Crippen LogP) is 6.29. The number of halogens is 4. The molecular formula is C26H22BrF3N4O3S. The quantitative estimate of drug-likeness (QED) is 0.226. The van der Waals surface area contributed by atoms with Gasteiger partial charge in [-0.3, -0.25) is 9.36 Å². The summed E-state index contributed by atoms with van der Waals surface area (Å²) in [6.07, 6.45) is -4.52. The lowest BCUT2D eigenvalue weighted by Gasteiger charge is -2.14. The minimum Gasteiger partial charge on any atom is -0.493 e. The summed E-state index contributed by atoms with van der Waals surface area (Å²) in [7, 11) is 2.95. The zero-order valence-electron chi connectivity index (χ0n) is 20.3. The molecule has 1 amide bonds. The lowest BCUT2D eigenvalue weighted by molar-refractivity contribution is -0.137. The first-order chi connectivity index (χ1) is 18.2. The summed E-state index contributed by atoms with van der Waals surface area (Å²) in [5.74, 6) is 1.23. The van der Waals surface area contributed by atoms with Crippen LogP contribution in [-0.2, 0) is 18.5 Å². The van der Waals surface area contributed by atoms with Gasteiger partial charge in [-0.1, -0.05) is 45.9 Å². The number of hydrogen-bond acceptors (Lipinski definition) is 6. The number of carbonyl (C=O) groups excluding carboxylic acids is 1. The number of alkyl halides is 3. The Morgan fingerprint density at radius 3 is 2.42 bits per heavy atom. The molecular weight excluding hydrogens is 585 g/mol. The third-order valence-electron chi connectivity index (χ3n) is 5.47. The molecule has 198 valence electrons. The van der Waals surface area contributed by atoms with Gasteiger partial charge in [-0.2, -0.15) is 13.2 Å². The summed E-state index contributed by atoms with van der Waals surface area (Å²) in [5, 5.41) is 11.5. The zero-order chi connectivity index (χ0) is 27.3. The number of rotatable bonds is 9. The minimum atomic E-state index is -4.52. The van der Waals surface area contributed by atoms with E-state index in [0.29, 0.717) is 28.0 Å². The molecule has 38 heavy (non-hydrogen) atoms. The Kier molecular flexibility index (Phi) is 8.62. The van der Waals surface area contributed by atoms with E-state index in [-0.39, 0.29) is 18.1 Å². The highest BCUT2D eigenvalue weighted by atomic mass is 79.9. The van der Waals surface area contributed by atoms with Crippen LogP contribution in [0.2, 0.25) is 0 Å². The molecule has 0 saturated heterocycles. The normalized spacial score (nSPS) is 11.3. The second-order valence-corrected chi connectivity index (χ2v) is 9.81. The molecule has 0 atom stereocenters. The van der Waals surface area contributed by atoms with Crippen LogP contribution < -0.4 is 14.8 Å². The van der Waals surface area contributed by atoms with Gasteiger partial charge >= 0.3 is 6.18 Å². The number of thioether (sulfide) groups is 1. The average molecular weight is 607 g/mol. The highest BCUT2D eigenvalue weighted by Crippen LogP contribution is 2.32. The molecule has 0 aliphatic carbocycles. The van der Waals surface area contributed by atoms with E-state index in [4.69, 9.17) is 9.47 Å². The maximum absolute atomic E-state index is 13.4. The summed E-state index contributed by atoms with van der Waals surface area (Å²) < 4.78 is 53.2. The smallest absolute Gasteiger partial charge is 0.416 e. The molecule has 4 aromatic rings. The van der Waals surface area contributed by atoms with E-state index < -0.39 is 17.6 Å². The number of nitrogens with one attached hydrogen (secondary N) is 1. The van der Waals surface area contributed by atoms with Crippen molar-refractivity contribution < 1.29 is 27.4 Å². The summed E-state index contributed by atoms with van der Waals surface area (Å²) in [5.41, 5.74) is 0.754. The second kappa shape index (κ2) is 11.9. The Bertz CT molecular complexity index is 1430. The van der Waals surface area contributed by atoms with Crippen LogP contribution >= 0.6 is 27.7 Å². The molecule has 0 radical (unpaired) electrons. The van der Waals surface area contributed by atoms with E-state index in [1.54, 1.807) is 18.2 Å². The number of carbonyl (C=O) groups is 1. The third-order valence-corrected chi connectivity index (χ3v) is 6.99. The number of benzene rings is 3. The van der Waals surface area contributed by atoms with Crippen LogP contribution in [0, 0.1) is 0 Å². The Morgan fingerprint density at radius 1 is 1.00 bits per heavy atom. The van der Waals surface area contributed by atoms with Gasteiger partial charge in [0.15, 0.2) is 22.5 Å². The van der Waals surface area contributed by atoms with Crippen LogP contribution in [0.15, 0.2) is 76.4 Å². The van der Waals surface area contributed by atoms with Crippen LogP contribution in [0.25, 0.3) is 5.69 Å². The first-order valence-corrected chi connectivity index (χ1v) is 13.0. The highest BCUT2D eigenvalue weighted by Gasteiger charge is 2.31. The van der Waals surface area contributed by atoms with Crippen LogP contribution in [0.3, 0.4) is 0 Å². The van der Waals surface area contributed by atoms with Gasteiger partial charge in [0.1, 0.15) is 0 Å². The summed E-state index contributed by atoms with van der Waals surface area (Å²) in [4.78, 5) is 12.8. The molecule has 3 aromatic carbocycles. The fourth-order valence-corrected chi connectivity index (χ4v) is 4.75. The van der Waals surface area contributed by atoms with Gasteiger partial charge < -0.3 is 14.8 Å². The minimum absolute atomic E-state index is 0.0741. The molecule has 0 bridgehead atoms. The largest absolute Gasteiger partial charge is 0.493 e. The van der Waals surface area contributed by atoms with Gasteiger partial charge in [-0.05, 0) is 54.1 Å². The van der Waals surface area contributed by atoms with E-state index in [0.717, 1.165) is 22.2 Å². The van der Waals surface area contributed by atoms with Crippen molar-refractivity contribution >= 4 is 33.6 Å². The highest BCUT2D eigenvalue weighted by molar-refractivity contribution is 9.10. The van der Waals surface area contributed by atoms with E-state index in [9.17, 15) is 18.0 Å². The average Bonchev–Trinajstić information content (AvgIpc) is 3.33. The van der Waals surface area contributed by atoms with E-state index in [2.05, 4.69) is 31.4 Å². The molecule has 1 N–H and O–H groups in total. The third kappa shape index (κ3) is 6.48. The maximum Gasteiger partial charge on any atom is 0.416 e. The number of hydrogen-bond donors (Lipinski definition) is 1. The van der Waals surface area contributed by atoms with Crippen LogP contribution in [0.1, 0.15) is 27.3 Å². The van der Waals surface area contributed by atoms with Crippen molar-refractivity contribution in [1.82, 2.24) is 20.1 Å². The number of nitrogens with zero attached hydrogens (tertiary/aromatic N) is 3. The second-order valence-electron chi connectivity index (χ2n) is 7.95. The fraction of sp³-hybridized carbons (Fsp3) is 0.192. The van der Waals surface area contributed by atoms with Gasteiger partial charge in [-0.15, -0.1) is 10.2 Å². The fourth-order valence-electron chi connectivity index (χ4n) is 3.56. The zero-order valence-corrected chi connectivity index (χ0v) is 22.7. The van der Waals surface area contributed by atoms with Crippen LogP contribution in [0.4, 0.5) is 13.2 Å². The Balaban J connectivity index is 1.62. The summed E-state index contributed by atoms with van der Waals surface area (Å²) in [6, 6.07) is 17.3. The van der Waals surface area contributed by atoms with Gasteiger partial charge in [0.2, 0.25) is 0 Å². The van der Waals surface area contributed by atoms with Crippen molar-refractivity contribution in [3.05, 3.63) is 93.7 Å². The van der Waals surface area contributed by atoms with Crippen LogP contribution in [0.5, 0.6) is 11.5 Å². The van der Waals surface area contributed by atoms with Crippen molar-refractivity contribution in [3.8, 4) is 17.2 Å². The van der Waals surface area contributed by atoms with Gasteiger partial charge in [-0.25, -0.2) is 0 Å². The first kappa shape index (κ1) is 27.5. The van der Waals surface area contributed by atoms with E-state index in [1.165, 1.54) is 42.7 Å². The first-order valence-electron chi connectivity index (χ1n) is 11.2. The molecule has 0 unspecified atom stereocenters. The molecule has 0 aliphatic rings. The molecule has 1 aromatic heterocycles. The van der Waals surface area contributed by atoms with Gasteiger partial charge in [0.05, 0.1) is 32.0 Å². The Labute approximate surface area is 229 Å². The molecule has 0 aliphatic heterocycles. The lowest BCUT2D eigenvalue weighted by atomic mass is 10.2. The SMILES string of the molecule is COc1ccc(C(=O)NCc2nnc(SCc3ccc(Br)cc3)n2-c2cccc(C(F)(F)F)c2)cc1OC. The van der Waals surface area contributed by atoms with Crippen molar-refractivity contribution in [2.24, 2.45) is 0 Å². The maximum atomic E-state index is 13.4. The van der Waals surface area contributed by atoms with Crippen molar-refractivity contribution in [2.75, 3.05) is 14.2 Å². The number of methoxy groups -OCH3 is 2. The summed E-state index contributed by atoms with van der Waals surface area (Å²) in [6.45, 7) is -0.0741. The molecule has 0 fully saturated rings.